The van der Waals surface area contributed by atoms with Crippen molar-refractivity contribution in [3.8, 4) is 0 Å². The number of rotatable bonds is 10. The van der Waals surface area contributed by atoms with E-state index in [1.165, 1.54) is 70.6 Å². The van der Waals surface area contributed by atoms with E-state index >= 15 is 0 Å². The molecule has 290 valence electrons. The summed E-state index contributed by atoms with van der Waals surface area (Å²) in [4.78, 5) is 0. The van der Waals surface area contributed by atoms with Crippen molar-refractivity contribution in [2.75, 3.05) is 13.2 Å². The van der Waals surface area contributed by atoms with E-state index in [1.807, 2.05) is 0 Å². The highest BCUT2D eigenvalue weighted by atomic mass is 16.5. The Kier molecular flexibility index (Phi) is 10.6. The summed E-state index contributed by atoms with van der Waals surface area (Å²) < 4.78 is 5.53. The van der Waals surface area contributed by atoms with E-state index in [4.69, 9.17) is 10.5 Å². The summed E-state index contributed by atoms with van der Waals surface area (Å²) in [7, 11) is 0. The number of hydrogen-bond acceptors (Lipinski definition) is 9. The van der Waals surface area contributed by atoms with E-state index < -0.39 is 61.5 Å². The molecule has 0 saturated heterocycles. The molecule has 6 rings (SSSR count). The average molecular weight is 708 g/mol. The van der Waals surface area contributed by atoms with E-state index in [1.54, 1.807) is 0 Å². The lowest BCUT2D eigenvalue weighted by Crippen LogP contribution is -2.65. The Labute approximate surface area is 301 Å². The summed E-state index contributed by atoms with van der Waals surface area (Å²) in [5.41, 5.74) is 5.67. The van der Waals surface area contributed by atoms with Crippen LogP contribution >= 0.6 is 0 Å². The molecular formula is C41H73NO8. The summed E-state index contributed by atoms with van der Waals surface area (Å²) in [6, 6.07) is -1.20. The normalized spacial score (nSPS) is 52.3. The van der Waals surface area contributed by atoms with Crippen molar-refractivity contribution in [3.63, 3.8) is 0 Å². The minimum Gasteiger partial charge on any atom is -0.393 e. The van der Waals surface area contributed by atoms with Gasteiger partial charge in [-0.15, -0.1) is 0 Å². The van der Waals surface area contributed by atoms with Gasteiger partial charge in [-0.3, -0.25) is 0 Å². The standard InChI is InChI=1S/C41H73NO8/c1-23(9-10-26(44)32(46)27(45)21-50-35-31(42)33(47)34(48)41(35,49)22-43)24-13-18-37(4)25(24)14-19-39(6)29(37)11-12-30-38(5)17-8-16-36(2,3)28(38)15-20-40(30,39)7/h23-35,43-49H,8-22,42H2,1-7H3/t23?,24-,25+,26-,27+,28+,29-,30-,31?,32-,33?,34?,35?,37+,38+,39-,40-,41?/m1/s1. The summed E-state index contributed by atoms with van der Waals surface area (Å²) >= 11 is 0. The Balaban J connectivity index is 1.06. The van der Waals surface area contributed by atoms with Crippen molar-refractivity contribution in [3.05, 3.63) is 0 Å². The molecule has 18 atom stereocenters. The van der Waals surface area contributed by atoms with Crippen LogP contribution in [0, 0.1) is 62.6 Å². The summed E-state index contributed by atoms with van der Waals surface area (Å²) in [5, 5.41) is 72.9. The highest BCUT2D eigenvalue weighted by Gasteiger charge is 2.70. The molecular weight excluding hydrogens is 634 g/mol. The predicted molar refractivity (Wildman–Crippen MR) is 193 cm³/mol. The molecule has 0 aromatic carbocycles. The molecule has 50 heavy (non-hydrogen) atoms. The van der Waals surface area contributed by atoms with Crippen LogP contribution in [0.2, 0.25) is 0 Å². The van der Waals surface area contributed by atoms with Crippen molar-refractivity contribution in [2.24, 2.45) is 68.3 Å². The maximum Gasteiger partial charge on any atom is 0.144 e. The van der Waals surface area contributed by atoms with Gasteiger partial charge in [0.25, 0.3) is 0 Å². The van der Waals surface area contributed by atoms with Crippen LogP contribution in [0.3, 0.4) is 0 Å². The number of fused-ring (bicyclic) bond motifs is 7. The topological polar surface area (TPSA) is 177 Å². The lowest BCUT2D eigenvalue weighted by atomic mass is 9.32. The summed E-state index contributed by atoms with van der Waals surface area (Å²) in [5.74, 6) is 4.03. The third-order valence-electron chi connectivity index (χ3n) is 18.0. The lowest BCUT2D eigenvalue weighted by Gasteiger charge is -2.73. The molecule has 6 fully saturated rings. The van der Waals surface area contributed by atoms with Crippen molar-refractivity contribution >= 4 is 0 Å². The van der Waals surface area contributed by atoms with Gasteiger partial charge in [0.2, 0.25) is 0 Å². The number of ether oxygens (including phenoxy) is 1. The Hall–Kier alpha value is -0.360. The first kappa shape index (κ1) is 39.3. The van der Waals surface area contributed by atoms with Crippen LogP contribution < -0.4 is 5.73 Å². The highest BCUT2D eigenvalue weighted by Crippen LogP contribution is 2.78. The fraction of sp³-hybridized carbons (Fsp3) is 1.00. The number of hydrogen-bond donors (Lipinski definition) is 8. The number of nitrogens with two attached hydrogens (primary N) is 1. The fourth-order valence-corrected chi connectivity index (χ4v) is 15.0. The molecule has 6 unspecified atom stereocenters. The first-order chi connectivity index (χ1) is 23.2. The molecule has 0 spiro atoms. The second kappa shape index (κ2) is 13.4. The zero-order valence-corrected chi connectivity index (χ0v) is 32.2. The zero-order chi connectivity index (χ0) is 36.8. The summed E-state index contributed by atoms with van der Waals surface area (Å²) in [6.45, 7) is 16.8. The fourth-order valence-electron chi connectivity index (χ4n) is 15.0. The molecule has 0 amide bonds. The van der Waals surface area contributed by atoms with Gasteiger partial charge in [-0.25, -0.2) is 0 Å². The monoisotopic (exact) mass is 708 g/mol. The first-order valence-electron chi connectivity index (χ1n) is 20.3. The maximum atomic E-state index is 10.9. The molecule has 9 N–H and O–H groups in total. The molecule has 0 aliphatic heterocycles. The Morgan fingerprint density at radius 1 is 0.740 bits per heavy atom. The SMILES string of the molecule is CC(CC[C@@H](O)[C@@H](O)[C@@H](O)COC1C(N)C(O)C(O)C1(O)CO)[C@H]1CC[C@]2(C)[C@H]3CC[C@@H]4[C@@]5(C)CCCC(C)(C)[C@@H]5CC[C@@]4(C)[C@]3(C)CC[C@@H]12. The Morgan fingerprint density at radius 3 is 2.00 bits per heavy atom. The Bertz CT molecular complexity index is 1220. The molecule has 6 saturated carbocycles. The van der Waals surface area contributed by atoms with Gasteiger partial charge in [0.15, 0.2) is 0 Å². The lowest BCUT2D eigenvalue weighted by molar-refractivity contribution is -0.241. The highest BCUT2D eigenvalue weighted by molar-refractivity contribution is 5.19. The molecule has 0 radical (unpaired) electrons. The van der Waals surface area contributed by atoms with Gasteiger partial charge in [-0.05, 0) is 140 Å². The zero-order valence-electron chi connectivity index (χ0n) is 32.2. The Morgan fingerprint density at radius 2 is 1.36 bits per heavy atom. The van der Waals surface area contributed by atoms with Gasteiger partial charge in [-0.1, -0.05) is 54.9 Å². The van der Waals surface area contributed by atoms with Crippen molar-refractivity contribution < 1.29 is 40.5 Å². The molecule has 0 bridgehead atoms. The van der Waals surface area contributed by atoms with Gasteiger partial charge in [0, 0.05) is 0 Å². The largest absolute Gasteiger partial charge is 0.393 e. The van der Waals surface area contributed by atoms with Gasteiger partial charge in [0.05, 0.1) is 25.4 Å². The molecule has 6 aliphatic rings. The third kappa shape index (κ3) is 5.72. The second-order valence-corrected chi connectivity index (χ2v) is 20.4. The minimum atomic E-state index is -2.20. The van der Waals surface area contributed by atoms with Crippen LogP contribution in [-0.4, -0.2) is 97.2 Å². The van der Waals surface area contributed by atoms with E-state index in [-0.39, 0.29) is 0 Å². The molecule has 9 nitrogen and oxygen atoms in total. The van der Waals surface area contributed by atoms with Crippen LogP contribution in [0.4, 0.5) is 0 Å². The number of aliphatic hydroxyl groups is 7. The predicted octanol–water partition coefficient (Wildman–Crippen LogP) is 4.15. The third-order valence-corrected chi connectivity index (χ3v) is 18.0. The van der Waals surface area contributed by atoms with Crippen LogP contribution in [0.1, 0.15) is 132 Å². The van der Waals surface area contributed by atoms with Gasteiger partial charge >= 0.3 is 0 Å². The van der Waals surface area contributed by atoms with Crippen molar-refractivity contribution in [2.45, 2.75) is 180 Å². The van der Waals surface area contributed by atoms with E-state index in [0.717, 1.165) is 24.2 Å². The van der Waals surface area contributed by atoms with Crippen LogP contribution in [0.5, 0.6) is 0 Å². The molecule has 0 aromatic rings. The maximum absolute atomic E-state index is 10.9. The number of aliphatic hydroxyl groups excluding tert-OH is 6. The minimum absolute atomic E-state index is 0.327. The summed E-state index contributed by atoms with van der Waals surface area (Å²) in [6.07, 6.45) is 7.11. The molecule has 0 heterocycles. The van der Waals surface area contributed by atoms with E-state index in [2.05, 4.69) is 48.5 Å². The molecule has 6 aliphatic carbocycles. The van der Waals surface area contributed by atoms with Crippen molar-refractivity contribution in [1.82, 2.24) is 0 Å². The smallest absolute Gasteiger partial charge is 0.144 e. The molecule has 0 aromatic heterocycles. The molecule has 9 heteroatoms. The quantitative estimate of drug-likeness (QED) is 0.166. The van der Waals surface area contributed by atoms with Crippen LogP contribution in [-0.2, 0) is 4.74 Å². The van der Waals surface area contributed by atoms with E-state index in [9.17, 15) is 35.7 Å². The van der Waals surface area contributed by atoms with Crippen molar-refractivity contribution in [1.29, 1.82) is 0 Å². The second-order valence-electron chi connectivity index (χ2n) is 20.4. The van der Waals surface area contributed by atoms with Crippen LogP contribution in [0.25, 0.3) is 0 Å². The van der Waals surface area contributed by atoms with Gasteiger partial charge in [-0.2, -0.15) is 0 Å². The van der Waals surface area contributed by atoms with E-state index in [0.29, 0.717) is 51.2 Å². The van der Waals surface area contributed by atoms with Crippen LogP contribution in [0.15, 0.2) is 0 Å². The van der Waals surface area contributed by atoms with Gasteiger partial charge in [0.1, 0.15) is 36.1 Å². The average Bonchev–Trinajstić information content (AvgIpc) is 3.49. The van der Waals surface area contributed by atoms with Gasteiger partial charge < -0.3 is 46.2 Å². The first-order valence-corrected chi connectivity index (χ1v) is 20.3.